The van der Waals surface area contributed by atoms with Crippen molar-refractivity contribution in [1.82, 2.24) is 0 Å². The first-order valence-corrected chi connectivity index (χ1v) is 7.24. The summed E-state index contributed by atoms with van der Waals surface area (Å²) in [6.45, 7) is 2.61. The summed E-state index contributed by atoms with van der Waals surface area (Å²) < 4.78 is 5.79. The summed E-state index contributed by atoms with van der Waals surface area (Å²) in [4.78, 5) is 16.2. The van der Waals surface area contributed by atoms with E-state index in [1.165, 1.54) is 5.56 Å². The zero-order chi connectivity index (χ0) is 14.1. The van der Waals surface area contributed by atoms with Gasteiger partial charge in [-0.1, -0.05) is 31.5 Å². The summed E-state index contributed by atoms with van der Waals surface area (Å²) >= 11 is 0. The number of benzene rings is 1. The molecule has 20 heavy (non-hydrogen) atoms. The zero-order valence-corrected chi connectivity index (χ0v) is 11.6. The normalized spacial score (nSPS) is 25.6. The number of para-hydroxylation sites is 1. The molecule has 106 valence electrons. The van der Waals surface area contributed by atoms with Crippen molar-refractivity contribution in [3.05, 3.63) is 29.8 Å². The van der Waals surface area contributed by atoms with Crippen LogP contribution >= 0.6 is 0 Å². The van der Waals surface area contributed by atoms with Crippen molar-refractivity contribution >= 4 is 17.4 Å². The maximum absolute atomic E-state index is 11.5. The fraction of sp³-hybridized carbons (Fsp3) is 0.500. The molecule has 1 fully saturated rings. The summed E-state index contributed by atoms with van der Waals surface area (Å²) in [6, 6.07) is 8.07. The molecule has 1 aromatic carbocycles. The molecule has 0 radical (unpaired) electrons. The van der Waals surface area contributed by atoms with Crippen LogP contribution in [0.5, 0.6) is 0 Å². The predicted molar refractivity (Wildman–Crippen MR) is 76.7 cm³/mol. The smallest absolute Gasteiger partial charge is 0.309 e. The largest absolute Gasteiger partial charge is 0.481 e. The van der Waals surface area contributed by atoms with E-state index in [0.717, 1.165) is 24.2 Å². The van der Waals surface area contributed by atoms with Crippen LogP contribution in [-0.4, -0.2) is 29.5 Å². The lowest BCUT2D eigenvalue weighted by atomic mass is 9.82. The van der Waals surface area contributed by atoms with Gasteiger partial charge in [-0.05, 0) is 24.5 Å². The van der Waals surface area contributed by atoms with Crippen LogP contribution in [0.4, 0.5) is 5.69 Å². The molecule has 2 aliphatic heterocycles. The minimum absolute atomic E-state index is 0.239. The molecule has 2 heterocycles. The second-order valence-corrected chi connectivity index (χ2v) is 5.46. The Morgan fingerprint density at radius 1 is 1.50 bits per heavy atom. The highest BCUT2D eigenvalue weighted by molar-refractivity contribution is 6.03. The van der Waals surface area contributed by atoms with Crippen molar-refractivity contribution in [3.8, 4) is 0 Å². The van der Waals surface area contributed by atoms with E-state index >= 15 is 0 Å². The standard InChI is InChI=1S/C16H19NO3/c1-2-5-12(16(18)19)15-14-11(8-9-20-15)10-6-3-4-7-13(10)17-14/h3-4,6-7,11-12,15H,2,5,8-9H2,1H3,(H,18,19). The molecular weight excluding hydrogens is 254 g/mol. The van der Waals surface area contributed by atoms with Gasteiger partial charge in [0.25, 0.3) is 0 Å². The van der Waals surface area contributed by atoms with Gasteiger partial charge in [0.15, 0.2) is 0 Å². The van der Waals surface area contributed by atoms with Crippen LogP contribution in [0.1, 0.15) is 37.7 Å². The number of carboxylic acids is 1. The Bertz CT molecular complexity index is 552. The highest BCUT2D eigenvalue weighted by Crippen LogP contribution is 2.42. The minimum Gasteiger partial charge on any atom is -0.481 e. The van der Waals surface area contributed by atoms with E-state index in [9.17, 15) is 9.90 Å². The van der Waals surface area contributed by atoms with Crippen LogP contribution in [0, 0.1) is 5.92 Å². The molecule has 3 unspecified atom stereocenters. The van der Waals surface area contributed by atoms with E-state index in [1.54, 1.807) is 0 Å². The van der Waals surface area contributed by atoms with Crippen molar-refractivity contribution in [2.75, 3.05) is 6.61 Å². The van der Waals surface area contributed by atoms with E-state index < -0.39 is 11.9 Å². The minimum atomic E-state index is -0.781. The van der Waals surface area contributed by atoms with E-state index in [-0.39, 0.29) is 12.0 Å². The summed E-state index contributed by atoms with van der Waals surface area (Å²) in [7, 11) is 0. The van der Waals surface area contributed by atoms with E-state index in [4.69, 9.17) is 4.74 Å². The van der Waals surface area contributed by atoms with Crippen LogP contribution < -0.4 is 0 Å². The van der Waals surface area contributed by atoms with Crippen molar-refractivity contribution in [2.45, 2.75) is 38.2 Å². The summed E-state index contributed by atoms with van der Waals surface area (Å²) in [5.41, 5.74) is 3.11. The highest BCUT2D eigenvalue weighted by Gasteiger charge is 2.42. The van der Waals surface area contributed by atoms with Crippen LogP contribution in [0.25, 0.3) is 0 Å². The molecule has 0 amide bonds. The lowest BCUT2D eigenvalue weighted by Gasteiger charge is -2.32. The first-order chi connectivity index (χ1) is 9.72. The molecule has 2 aliphatic rings. The first kappa shape index (κ1) is 13.3. The molecule has 3 rings (SSSR count). The zero-order valence-electron chi connectivity index (χ0n) is 11.6. The van der Waals surface area contributed by atoms with Crippen LogP contribution in [-0.2, 0) is 9.53 Å². The van der Waals surface area contributed by atoms with Gasteiger partial charge in [0.1, 0.15) is 6.10 Å². The molecule has 3 atom stereocenters. The first-order valence-electron chi connectivity index (χ1n) is 7.24. The lowest BCUT2D eigenvalue weighted by Crippen LogP contribution is -2.42. The number of fused-ring (bicyclic) bond motifs is 3. The third kappa shape index (κ3) is 2.14. The molecular formula is C16H19NO3. The fourth-order valence-electron chi connectivity index (χ4n) is 3.26. The van der Waals surface area contributed by atoms with Crippen molar-refractivity contribution < 1.29 is 14.6 Å². The molecule has 0 spiro atoms. The summed E-state index contributed by atoms with van der Waals surface area (Å²) in [5.74, 6) is -1.03. The van der Waals surface area contributed by atoms with Gasteiger partial charge < -0.3 is 9.84 Å². The molecule has 0 bridgehead atoms. The number of rotatable bonds is 4. The third-order valence-electron chi connectivity index (χ3n) is 4.20. The average Bonchev–Trinajstić information content (AvgIpc) is 2.83. The molecule has 4 nitrogen and oxygen atoms in total. The van der Waals surface area contributed by atoms with Gasteiger partial charge in [0.2, 0.25) is 0 Å². The quantitative estimate of drug-likeness (QED) is 0.916. The second-order valence-electron chi connectivity index (χ2n) is 5.46. The summed E-state index contributed by atoms with van der Waals surface area (Å²) in [6.07, 6.45) is 1.98. The van der Waals surface area contributed by atoms with Gasteiger partial charge in [-0.2, -0.15) is 0 Å². The molecule has 1 N–H and O–H groups in total. The molecule has 4 heteroatoms. The predicted octanol–water partition coefficient (Wildman–Crippen LogP) is 3.15. The van der Waals surface area contributed by atoms with Crippen molar-refractivity contribution in [2.24, 2.45) is 10.9 Å². The van der Waals surface area contributed by atoms with Gasteiger partial charge in [0, 0.05) is 12.5 Å². The number of carbonyl (C=O) groups is 1. The van der Waals surface area contributed by atoms with Gasteiger partial charge >= 0.3 is 5.97 Å². The van der Waals surface area contributed by atoms with Crippen molar-refractivity contribution in [3.63, 3.8) is 0 Å². The molecule has 1 aromatic rings. The molecule has 0 aromatic heterocycles. The van der Waals surface area contributed by atoms with Gasteiger partial charge in [0.05, 0.1) is 17.3 Å². The maximum Gasteiger partial charge on any atom is 0.309 e. The SMILES string of the molecule is CCCC(C(=O)O)C1OCCC2C1=Nc1ccccc12. The topological polar surface area (TPSA) is 58.9 Å². The molecule has 1 saturated heterocycles. The Hall–Kier alpha value is -1.68. The van der Waals surface area contributed by atoms with Crippen LogP contribution in [0.2, 0.25) is 0 Å². The van der Waals surface area contributed by atoms with Gasteiger partial charge in [-0.3, -0.25) is 9.79 Å². The van der Waals surface area contributed by atoms with Crippen LogP contribution in [0.3, 0.4) is 0 Å². The average molecular weight is 273 g/mol. The van der Waals surface area contributed by atoms with E-state index in [1.807, 2.05) is 25.1 Å². The summed E-state index contributed by atoms with van der Waals surface area (Å²) in [5, 5.41) is 9.46. The van der Waals surface area contributed by atoms with Crippen molar-refractivity contribution in [1.29, 1.82) is 0 Å². The number of ether oxygens (including phenoxy) is 1. The van der Waals surface area contributed by atoms with Gasteiger partial charge in [-0.25, -0.2) is 0 Å². The Balaban J connectivity index is 1.93. The fourth-order valence-corrected chi connectivity index (χ4v) is 3.26. The van der Waals surface area contributed by atoms with E-state index in [2.05, 4.69) is 11.1 Å². The Kier molecular flexibility index (Phi) is 3.57. The Labute approximate surface area is 118 Å². The Morgan fingerprint density at radius 3 is 3.05 bits per heavy atom. The maximum atomic E-state index is 11.5. The second kappa shape index (κ2) is 5.37. The monoisotopic (exact) mass is 273 g/mol. The number of hydrogen-bond donors (Lipinski definition) is 1. The van der Waals surface area contributed by atoms with E-state index in [0.29, 0.717) is 13.0 Å². The highest BCUT2D eigenvalue weighted by atomic mass is 16.5. The number of aliphatic carboxylic acids is 1. The van der Waals surface area contributed by atoms with Crippen LogP contribution in [0.15, 0.2) is 29.3 Å². The number of aliphatic imine (C=N–C) groups is 1. The molecule has 0 saturated carbocycles. The number of carboxylic acid groups (broad SMARTS) is 1. The number of hydrogen-bond acceptors (Lipinski definition) is 3. The molecule has 0 aliphatic carbocycles. The van der Waals surface area contributed by atoms with Gasteiger partial charge in [-0.15, -0.1) is 0 Å². The lowest BCUT2D eigenvalue weighted by molar-refractivity contribution is -0.146. The number of nitrogens with zero attached hydrogens (tertiary/aromatic N) is 1. The third-order valence-corrected chi connectivity index (χ3v) is 4.20. The Morgan fingerprint density at radius 2 is 2.30 bits per heavy atom.